The van der Waals surface area contributed by atoms with Crippen LogP contribution in [0, 0.1) is 0 Å². The highest BCUT2D eigenvalue weighted by Crippen LogP contribution is 2.26. The third kappa shape index (κ3) is 3.53. The zero-order chi connectivity index (χ0) is 13.7. The van der Waals surface area contributed by atoms with Crippen molar-refractivity contribution in [1.29, 1.82) is 0 Å². The van der Waals surface area contributed by atoms with Gasteiger partial charge in [-0.1, -0.05) is 6.07 Å². The van der Waals surface area contributed by atoms with E-state index in [2.05, 4.69) is 9.89 Å². The van der Waals surface area contributed by atoms with Crippen molar-refractivity contribution in [3.8, 4) is 11.5 Å². The van der Waals surface area contributed by atoms with Crippen LogP contribution in [0.5, 0.6) is 11.5 Å². The molecule has 5 nitrogen and oxygen atoms in total. The SMILES string of the molecule is COc1ccc(CN=C(N)N2CCCCC2)cc1O. The molecule has 0 unspecified atom stereocenters. The molecule has 0 bridgehead atoms. The molecule has 1 aliphatic rings. The number of nitrogens with two attached hydrogens (primary N) is 1. The Morgan fingerprint density at radius 2 is 2.11 bits per heavy atom. The highest BCUT2D eigenvalue weighted by molar-refractivity contribution is 5.78. The minimum absolute atomic E-state index is 0.131. The molecule has 104 valence electrons. The minimum atomic E-state index is 0.131. The van der Waals surface area contributed by atoms with Crippen LogP contribution in [-0.2, 0) is 6.54 Å². The fraction of sp³-hybridized carbons (Fsp3) is 0.500. The summed E-state index contributed by atoms with van der Waals surface area (Å²) in [5.74, 6) is 1.19. The van der Waals surface area contributed by atoms with E-state index >= 15 is 0 Å². The van der Waals surface area contributed by atoms with Crippen LogP contribution in [0.4, 0.5) is 0 Å². The third-order valence-corrected chi connectivity index (χ3v) is 3.35. The van der Waals surface area contributed by atoms with Crippen molar-refractivity contribution >= 4 is 5.96 Å². The molecule has 0 atom stereocenters. The second kappa shape index (κ2) is 6.31. The smallest absolute Gasteiger partial charge is 0.191 e. The summed E-state index contributed by atoms with van der Waals surface area (Å²) < 4.78 is 5.00. The topological polar surface area (TPSA) is 71.1 Å². The average molecular weight is 263 g/mol. The van der Waals surface area contributed by atoms with Gasteiger partial charge in [0.1, 0.15) is 0 Å². The Kier molecular flexibility index (Phi) is 4.49. The molecule has 0 radical (unpaired) electrons. The van der Waals surface area contributed by atoms with E-state index in [-0.39, 0.29) is 5.75 Å². The fourth-order valence-electron chi connectivity index (χ4n) is 2.23. The van der Waals surface area contributed by atoms with Crippen LogP contribution in [0.2, 0.25) is 0 Å². The zero-order valence-electron chi connectivity index (χ0n) is 11.3. The van der Waals surface area contributed by atoms with Gasteiger partial charge in [-0.25, -0.2) is 4.99 Å². The summed E-state index contributed by atoms with van der Waals surface area (Å²) >= 11 is 0. The van der Waals surface area contributed by atoms with Gasteiger partial charge in [0.25, 0.3) is 0 Å². The number of likely N-dealkylation sites (tertiary alicyclic amines) is 1. The number of ether oxygens (including phenoxy) is 1. The van der Waals surface area contributed by atoms with Crippen LogP contribution in [0.25, 0.3) is 0 Å². The third-order valence-electron chi connectivity index (χ3n) is 3.35. The Bertz CT molecular complexity index is 454. The Morgan fingerprint density at radius 1 is 1.37 bits per heavy atom. The number of aliphatic imine (C=N–C) groups is 1. The molecule has 19 heavy (non-hydrogen) atoms. The molecule has 3 N–H and O–H groups in total. The van der Waals surface area contributed by atoms with Gasteiger partial charge in [-0.15, -0.1) is 0 Å². The predicted molar refractivity (Wildman–Crippen MR) is 75.4 cm³/mol. The van der Waals surface area contributed by atoms with Crippen molar-refractivity contribution in [2.24, 2.45) is 10.7 Å². The lowest BCUT2D eigenvalue weighted by atomic mass is 10.1. The first-order valence-corrected chi connectivity index (χ1v) is 6.61. The number of rotatable bonds is 3. The van der Waals surface area contributed by atoms with Crippen molar-refractivity contribution < 1.29 is 9.84 Å². The van der Waals surface area contributed by atoms with Gasteiger partial charge in [0.05, 0.1) is 13.7 Å². The predicted octanol–water partition coefficient (Wildman–Crippen LogP) is 1.70. The fourth-order valence-corrected chi connectivity index (χ4v) is 2.23. The van der Waals surface area contributed by atoms with Crippen molar-refractivity contribution in [2.45, 2.75) is 25.8 Å². The van der Waals surface area contributed by atoms with Gasteiger partial charge in [0, 0.05) is 13.1 Å². The van der Waals surface area contributed by atoms with Crippen molar-refractivity contribution in [1.82, 2.24) is 4.90 Å². The van der Waals surface area contributed by atoms with Crippen LogP contribution in [0.1, 0.15) is 24.8 Å². The molecule has 1 fully saturated rings. The number of piperidine rings is 1. The number of nitrogens with zero attached hydrogens (tertiary/aromatic N) is 2. The second-order valence-corrected chi connectivity index (χ2v) is 4.73. The zero-order valence-corrected chi connectivity index (χ0v) is 11.3. The van der Waals surface area contributed by atoms with Gasteiger partial charge in [0.15, 0.2) is 17.5 Å². The number of guanidine groups is 1. The van der Waals surface area contributed by atoms with E-state index in [0.717, 1.165) is 18.7 Å². The molecular weight excluding hydrogens is 242 g/mol. The molecule has 0 aromatic heterocycles. The Balaban J connectivity index is 1.98. The number of benzene rings is 1. The number of phenols is 1. The van der Waals surface area contributed by atoms with Crippen molar-refractivity contribution in [2.75, 3.05) is 20.2 Å². The minimum Gasteiger partial charge on any atom is -0.504 e. The molecule has 0 spiro atoms. The number of phenolic OH excluding ortho intramolecular Hbond substituents is 1. The van der Waals surface area contributed by atoms with E-state index in [1.54, 1.807) is 12.1 Å². The molecule has 5 heteroatoms. The first kappa shape index (κ1) is 13.5. The highest BCUT2D eigenvalue weighted by atomic mass is 16.5. The number of hydrogen-bond acceptors (Lipinski definition) is 3. The largest absolute Gasteiger partial charge is 0.504 e. The van der Waals surface area contributed by atoms with Gasteiger partial charge in [0.2, 0.25) is 0 Å². The number of aromatic hydroxyl groups is 1. The molecule has 0 amide bonds. The van der Waals surface area contributed by atoms with Crippen molar-refractivity contribution in [3.63, 3.8) is 0 Å². The number of hydrogen-bond donors (Lipinski definition) is 2. The number of methoxy groups -OCH3 is 1. The highest BCUT2D eigenvalue weighted by Gasteiger charge is 2.11. The second-order valence-electron chi connectivity index (χ2n) is 4.73. The maximum atomic E-state index is 9.69. The van der Waals surface area contributed by atoms with Gasteiger partial charge in [-0.2, -0.15) is 0 Å². The molecule has 1 aromatic carbocycles. The lowest BCUT2D eigenvalue weighted by Crippen LogP contribution is -2.40. The van der Waals surface area contributed by atoms with E-state index in [4.69, 9.17) is 10.5 Å². The van der Waals surface area contributed by atoms with Crippen molar-refractivity contribution in [3.05, 3.63) is 23.8 Å². The Morgan fingerprint density at radius 3 is 2.74 bits per heavy atom. The van der Waals surface area contributed by atoms with Gasteiger partial charge < -0.3 is 20.5 Å². The summed E-state index contributed by atoms with van der Waals surface area (Å²) in [6, 6.07) is 5.27. The quantitative estimate of drug-likeness (QED) is 0.643. The van der Waals surface area contributed by atoms with E-state index in [9.17, 15) is 5.11 Å². The average Bonchev–Trinajstić information content (AvgIpc) is 2.46. The standard InChI is InChI=1S/C14H21N3O2/c1-19-13-6-5-11(9-12(13)18)10-16-14(15)17-7-3-2-4-8-17/h5-6,9,18H,2-4,7-8,10H2,1H3,(H2,15,16). The summed E-state index contributed by atoms with van der Waals surface area (Å²) in [4.78, 5) is 6.50. The lowest BCUT2D eigenvalue weighted by Gasteiger charge is -2.27. The Hall–Kier alpha value is -1.91. The first-order chi connectivity index (χ1) is 9.20. The monoisotopic (exact) mass is 263 g/mol. The Labute approximate surface area is 113 Å². The molecule has 0 aliphatic carbocycles. The summed E-state index contributed by atoms with van der Waals surface area (Å²) in [6.07, 6.45) is 3.63. The molecule has 2 rings (SSSR count). The molecule has 1 saturated heterocycles. The maximum absolute atomic E-state index is 9.69. The van der Waals surface area contributed by atoms with Crippen LogP contribution in [0.3, 0.4) is 0 Å². The van der Waals surface area contributed by atoms with E-state index in [0.29, 0.717) is 18.3 Å². The normalized spacial score (nSPS) is 16.5. The van der Waals surface area contributed by atoms with E-state index in [1.165, 1.54) is 26.4 Å². The first-order valence-electron chi connectivity index (χ1n) is 6.61. The van der Waals surface area contributed by atoms with Crippen LogP contribution >= 0.6 is 0 Å². The molecule has 1 aliphatic heterocycles. The van der Waals surface area contributed by atoms with Gasteiger partial charge in [-0.05, 0) is 37.0 Å². The van der Waals surface area contributed by atoms with Crippen LogP contribution in [-0.4, -0.2) is 36.2 Å². The molecule has 0 saturated carbocycles. The van der Waals surface area contributed by atoms with E-state index < -0.39 is 0 Å². The molecular formula is C14H21N3O2. The van der Waals surface area contributed by atoms with Gasteiger partial charge in [-0.3, -0.25) is 0 Å². The molecule has 1 heterocycles. The molecule has 1 aromatic rings. The van der Waals surface area contributed by atoms with E-state index in [1.807, 2.05) is 6.07 Å². The summed E-state index contributed by atoms with van der Waals surface area (Å²) in [5, 5.41) is 9.69. The van der Waals surface area contributed by atoms with Crippen LogP contribution in [0.15, 0.2) is 23.2 Å². The summed E-state index contributed by atoms with van der Waals surface area (Å²) in [6.45, 7) is 2.45. The summed E-state index contributed by atoms with van der Waals surface area (Å²) in [5.41, 5.74) is 6.89. The van der Waals surface area contributed by atoms with Gasteiger partial charge >= 0.3 is 0 Å². The summed E-state index contributed by atoms with van der Waals surface area (Å²) in [7, 11) is 1.53. The van der Waals surface area contributed by atoms with Crippen LogP contribution < -0.4 is 10.5 Å². The lowest BCUT2D eigenvalue weighted by molar-refractivity contribution is 0.338. The maximum Gasteiger partial charge on any atom is 0.191 e.